The number of allylic oxidation sites excluding steroid dienone is 1. The fourth-order valence-corrected chi connectivity index (χ4v) is 3.02. The molecule has 0 aliphatic rings. The van der Waals surface area contributed by atoms with Crippen LogP contribution in [0.3, 0.4) is 0 Å². The summed E-state index contributed by atoms with van der Waals surface area (Å²) in [5, 5.41) is 6.67. The number of nitrogens with zero attached hydrogens (tertiary/aromatic N) is 2. The minimum absolute atomic E-state index is 0.262. The molecule has 1 heterocycles. The van der Waals surface area contributed by atoms with E-state index < -0.39 is 5.91 Å². The van der Waals surface area contributed by atoms with Gasteiger partial charge >= 0.3 is 0 Å². The predicted molar refractivity (Wildman–Crippen MR) is 124 cm³/mol. The van der Waals surface area contributed by atoms with Crippen molar-refractivity contribution in [3.8, 4) is 5.75 Å². The summed E-state index contributed by atoms with van der Waals surface area (Å²) in [6.45, 7) is 0. The molecule has 2 N–H and O–H groups in total. The number of hydrogen-bond acceptors (Lipinski definition) is 5. The van der Waals surface area contributed by atoms with Gasteiger partial charge in [0.05, 0.1) is 23.9 Å². The van der Waals surface area contributed by atoms with Crippen LogP contribution in [-0.2, 0) is 0 Å². The average Bonchev–Trinajstić information content (AvgIpc) is 2.80. The van der Waals surface area contributed by atoms with Crippen LogP contribution < -0.4 is 15.5 Å². The summed E-state index contributed by atoms with van der Waals surface area (Å²) in [5.74, 6) is -0.100. The van der Waals surface area contributed by atoms with Gasteiger partial charge in [-0.25, -0.2) is 5.43 Å². The molecule has 8 heteroatoms. The second-order valence-electron chi connectivity index (χ2n) is 6.21. The molecule has 156 valence electrons. The summed E-state index contributed by atoms with van der Waals surface area (Å²) in [6.07, 6.45) is 7.98. The van der Waals surface area contributed by atoms with E-state index in [1.54, 1.807) is 49.7 Å². The number of pyridine rings is 1. The van der Waals surface area contributed by atoms with Crippen LogP contribution in [0.25, 0.3) is 6.08 Å². The summed E-state index contributed by atoms with van der Waals surface area (Å²) in [7, 11) is 1.60. The number of ether oxygens (including phenoxy) is 1. The number of hydrogen-bond donors (Lipinski definition) is 2. The van der Waals surface area contributed by atoms with Gasteiger partial charge in [-0.1, -0.05) is 34.1 Å². The lowest BCUT2D eigenvalue weighted by Gasteiger charge is -2.10. The third-order valence-corrected chi connectivity index (χ3v) is 4.63. The van der Waals surface area contributed by atoms with Crippen molar-refractivity contribution in [1.29, 1.82) is 0 Å². The van der Waals surface area contributed by atoms with Gasteiger partial charge in [-0.15, -0.1) is 0 Å². The molecule has 2 amide bonds. The molecule has 31 heavy (non-hydrogen) atoms. The lowest BCUT2D eigenvalue weighted by molar-refractivity contribution is 0.0956. The molecule has 0 atom stereocenters. The minimum Gasteiger partial charge on any atom is -0.496 e. The Morgan fingerprint density at radius 1 is 1.10 bits per heavy atom. The Labute approximate surface area is 188 Å². The van der Waals surface area contributed by atoms with Gasteiger partial charge in [0.15, 0.2) is 0 Å². The highest BCUT2D eigenvalue weighted by atomic mass is 79.9. The van der Waals surface area contributed by atoms with Crippen molar-refractivity contribution in [1.82, 2.24) is 10.4 Å². The van der Waals surface area contributed by atoms with E-state index in [1.165, 1.54) is 12.4 Å². The lowest BCUT2D eigenvalue weighted by atomic mass is 10.1. The first-order valence-electron chi connectivity index (χ1n) is 9.22. The molecule has 3 rings (SSSR count). The van der Waals surface area contributed by atoms with Crippen LogP contribution >= 0.6 is 15.9 Å². The Morgan fingerprint density at radius 3 is 2.71 bits per heavy atom. The number of amides is 2. The topological polar surface area (TPSA) is 92.7 Å². The molecular formula is C23H19BrN4O3. The molecule has 0 aliphatic carbocycles. The van der Waals surface area contributed by atoms with E-state index in [9.17, 15) is 9.59 Å². The molecule has 0 aliphatic heterocycles. The van der Waals surface area contributed by atoms with Crippen molar-refractivity contribution >= 4 is 45.7 Å². The van der Waals surface area contributed by atoms with E-state index in [1.807, 2.05) is 30.3 Å². The van der Waals surface area contributed by atoms with Gasteiger partial charge in [-0.05, 0) is 48.6 Å². The fraction of sp³-hybridized carbons (Fsp3) is 0.0435. The summed E-state index contributed by atoms with van der Waals surface area (Å²) in [4.78, 5) is 29.0. The fourth-order valence-electron chi connectivity index (χ4n) is 2.65. The number of rotatable bonds is 7. The van der Waals surface area contributed by atoms with Gasteiger partial charge in [-0.2, -0.15) is 5.10 Å². The number of methoxy groups -OCH3 is 1. The quantitative estimate of drug-likeness (QED) is 0.385. The number of carbonyl (C=O) groups excluding carboxylic acids is 2. The highest BCUT2D eigenvalue weighted by Gasteiger charge is 2.15. The maximum Gasteiger partial charge on any atom is 0.273 e. The van der Waals surface area contributed by atoms with Gasteiger partial charge < -0.3 is 10.1 Å². The number of halogens is 1. The van der Waals surface area contributed by atoms with E-state index >= 15 is 0 Å². The van der Waals surface area contributed by atoms with Crippen LogP contribution in [0, 0.1) is 0 Å². The van der Waals surface area contributed by atoms with Gasteiger partial charge in [0.25, 0.3) is 11.8 Å². The first-order chi connectivity index (χ1) is 15.1. The second-order valence-corrected chi connectivity index (χ2v) is 7.12. The number of hydrazone groups is 1. The first kappa shape index (κ1) is 21.9. The largest absolute Gasteiger partial charge is 0.496 e. The lowest BCUT2D eigenvalue weighted by Crippen LogP contribution is -2.21. The van der Waals surface area contributed by atoms with E-state index in [4.69, 9.17) is 4.74 Å². The standard InChI is InChI=1S/C23H19BrN4O3/c1-31-21-9-3-2-6-16(21)7-5-13-26-28-23(30)19-14-18(24)10-11-20(19)27-22(29)17-8-4-12-25-15-17/h2-15H,1H3,(H,27,29)(H,28,30). The molecule has 1 aromatic heterocycles. The van der Waals surface area contributed by atoms with Crippen molar-refractivity contribution in [2.75, 3.05) is 12.4 Å². The molecule has 0 saturated heterocycles. The number of benzene rings is 2. The Kier molecular flexibility index (Phi) is 7.67. The zero-order valence-electron chi connectivity index (χ0n) is 16.6. The van der Waals surface area contributed by atoms with Gasteiger partial charge in [0.1, 0.15) is 5.75 Å². The Morgan fingerprint density at radius 2 is 1.94 bits per heavy atom. The number of para-hydroxylation sites is 1. The van der Waals surface area contributed by atoms with Crippen LogP contribution in [0.15, 0.2) is 82.6 Å². The summed E-state index contributed by atoms with van der Waals surface area (Å²) in [6, 6.07) is 15.8. The van der Waals surface area contributed by atoms with Crippen molar-refractivity contribution in [2.24, 2.45) is 5.10 Å². The predicted octanol–water partition coefficient (Wildman–Crippen LogP) is 4.53. The van der Waals surface area contributed by atoms with Crippen LogP contribution in [0.2, 0.25) is 0 Å². The van der Waals surface area contributed by atoms with Gasteiger partial charge in [0, 0.05) is 28.6 Å². The highest BCUT2D eigenvalue weighted by molar-refractivity contribution is 9.10. The van der Waals surface area contributed by atoms with Crippen LogP contribution in [0.4, 0.5) is 5.69 Å². The van der Waals surface area contributed by atoms with Crippen molar-refractivity contribution in [2.45, 2.75) is 0 Å². The number of nitrogens with one attached hydrogen (secondary N) is 2. The van der Waals surface area contributed by atoms with Crippen molar-refractivity contribution < 1.29 is 14.3 Å². The molecule has 2 aromatic carbocycles. The summed E-state index contributed by atoms with van der Waals surface area (Å²) in [5.41, 5.74) is 4.35. The molecule has 0 fully saturated rings. The van der Waals surface area contributed by atoms with Crippen LogP contribution in [0.5, 0.6) is 5.75 Å². The van der Waals surface area contributed by atoms with E-state index in [2.05, 4.69) is 36.8 Å². The molecular weight excluding hydrogens is 460 g/mol. The number of carbonyl (C=O) groups is 2. The van der Waals surface area contributed by atoms with Crippen molar-refractivity contribution in [3.05, 3.63) is 94.2 Å². The van der Waals surface area contributed by atoms with Crippen LogP contribution in [-0.4, -0.2) is 30.1 Å². The average molecular weight is 479 g/mol. The zero-order valence-corrected chi connectivity index (χ0v) is 18.2. The van der Waals surface area contributed by atoms with E-state index in [-0.39, 0.29) is 11.5 Å². The minimum atomic E-state index is -0.468. The van der Waals surface area contributed by atoms with Crippen molar-refractivity contribution in [3.63, 3.8) is 0 Å². The van der Waals surface area contributed by atoms with E-state index in [0.29, 0.717) is 15.7 Å². The molecule has 0 saturated carbocycles. The van der Waals surface area contributed by atoms with Crippen LogP contribution in [0.1, 0.15) is 26.3 Å². The molecule has 3 aromatic rings. The third-order valence-electron chi connectivity index (χ3n) is 4.14. The molecule has 0 bridgehead atoms. The Balaban J connectivity index is 1.68. The zero-order chi connectivity index (χ0) is 22.1. The van der Waals surface area contributed by atoms with E-state index in [0.717, 1.165) is 11.3 Å². The first-order valence-corrected chi connectivity index (χ1v) is 10.0. The number of aromatic nitrogens is 1. The number of anilines is 1. The Bertz CT molecular complexity index is 1130. The summed E-state index contributed by atoms with van der Waals surface area (Å²) < 4.78 is 5.97. The summed E-state index contributed by atoms with van der Waals surface area (Å²) >= 11 is 3.34. The highest BCUT2D eigenvalue weighted by Crippen LogP contribution is 2.22. The third kappa shape index (κ3) is 6.10. The van der Waals surface area contributed by atoms with Gasteiger partial charge in [-0.3, -0.25) is 14.6 Å². The molecule has 0 radical (unpaired) electrons. The monoisotopic (exact) mass is 478 g/mol. The Hall–Kier alpha value is -3.78. The smallest absolute Gasteiger partial charge is 0.273 e. The molecule has 0 spiro atoms. The normalized spacial score (nSPS) is 10.9. The molecule has 7 nitrogen and oxygen atoms in total. The van der Waals surface area contributed by atoms with Gasteiger partial charge in [0.2, 0.25) is 0 Å². The maximum absolute atomic E-state index is 12.6. The SMILES string of the molecule is COc1ccccc1C=CC=NNC(=O)c1cc(Br)ccc1NC(=O)c1cccnc1. The second kappa shape index (κ2) is 10.8. The maximum atomic E-state index is 12.6. The molecule has 0 unspecified atom stereocenters.